The SMILES string of the molecule is NC1C(=O)N2C(C(=O)O)=C(COC(=O)N3CCCC3)CS[C@H]12. The molecule has 3 N–H and O–H groups in total. The number of carboxylic acid groups (broad SMARTS) is 1. The van der Waals surface area contributed by atoms with Gasteiger partial charge >= 0.3 is 12.1 Å². The van der Waals surface area contributed by atoms with Crippen LogP contribution in [0.15, 0.2) is 11.3 Å². The average molecular weight is 327 g/mol. The monoisotopic (exact) mass is 327 g/mol. The Labute approximate surface area is 131 Å². The van der Waals surface area contributed by atoms with Crippen LogP contribution in [0.1, 0.15) is 12.8 Å². The normalized spacial score (nSPS) is 27.6. The molecule has 8 nitrogen and oxygen atoms in total. The fraction of sp³-hybridized carbons (Fsp3) is 0.615. The van der Waals surface area contributed by atoms with Crippen LogP contribution in [-0.4, -0.2) is 69.7 Å². The number of amides is 2. The maximum atomic E-state index is 11.9. The van der Waals surface area contributed by atoms with Gasteiger partial charge in [0.05, 0.1) is 0 Å². The lowest BCUT2D eigenvalue weighted by Crippen LogP contribution is -2.68. The number of β-lactam (4-membered cyclic amide) rings is 1. The summed E-state index contributed by atoms with van der Waals surface area (Å²) >= 11 is 1.39. The van der Waals surface area contributed by atoms with Crippen LogP contribution in [0.2, 0.25) is 0 Å². The molecule has 9 heteroatoms. The smallest absolute Gasteiger partial charge is 0.410 e. The zero-order valence-electron chi connectivity index (χ0n) is 11.9. The van der Waals surface area contributed by atoms with Crippen molar-refractivity contribution in [2.24, 2.45) is 5.73 Å². The van der Waals surface area contributed by atoms with Gasteiger partial charge in [-0.3, -0.25) is 9.69 Å². The van der Waals surface area contributed by atoms with E-state index in [0.717, 1.165) is 12.8 Å². The fourth-order valence-electron chi connectivity index (χ4n) is 2.83. The van der Waals surface area contributed by atoms with Gasteiger partial charge in [0.25, 0.3) is 0 Å². The average Bonchev–Trinajstić information content (AvgIpc) is 3.05. The predicted molar refractivity (Wildman–Crippen MR) is 77.9 cm³/mol. The van der Waals surface area contributed by atoms with E-state index in [9.17, 15) is 19.5 Å². The first kappa shape index (κ1) is 15.2. The van der Waals surface area contributed by atoms with Gasteiger partial charge in [0.15, 0.2) is 0 Å². The van der Waals surface area contributed by atoms with E-state index in [2.05, 4.69) is 0 Å². The van der Waals surface area contributed by atoms with Crippen LogP contribution in [0.5, 0.6) is 0 Å². The van der Waals surface area contributed by atoms with E-state index in [-0.39, 0.29) is 17.7 Å². The Bertz CT molecular complexity index is 558. The largest absolute Gasteiger partial charge is 0.477 e. The van der Waals surface area contributed by atoms with Crippen molar-refractivity contribution < 1.29 is 24.2 Å². The molecular weight excluding hydrogens is 310 g/mol. The van der Waals surface area contributed by atoms with Gasteiger partial charge in [-0.25, -0.2) is 9.59 Å². The van der Waals surface area contributed by atoms with Crippen molar-refractivity contribution in [3.05, 3.63) is 11.3 Å². The Morgan fingerprint density at radius 2 is 2.05 bits per heavy atom. The third-order valence-electron chi connectivity index (χ3n) is 4.03. The quantitative estimate of drug-likeness (QED) is 0.690. The summed E-state index contributed by atoms with van der Waals surface area (Å²) < 4.78 is 5.20. The van der Waals surface area contributed by atoms with Gasteiger partial charge in [0, 0.05) is 24.4 Å². The first-order valence-corrected chi connectivity index (χ1v) is 8.13. The zero-order valence-corrected chi connectivity index (χ0v) is 12.7. The lowest BCUT2D eigenvalue weighted by Gasteiger charge is -2.47. The Morgan fingerprint density at radius 3 is 2.68 bits per heavy atom. The Kier molecular flexibility index (Phi) is 4.00. The van der Waals surface area contributed by atoms with E-state index < -0.39 is 24.0 Å². The standard InChI is InChI=1S/C13H17N3O5S/c14-8-10(17)16-9(12(18)19)7(6-22-11(8)16)5-21-13(20)15-3-1-2-4-15/h8,11H,1-6,14H2,(H,18,19)/t8?,11-/m1/s1. The molecule has 0 spiro atoms. The molecule has 0 saturated carbocycles. The molecule has 3 aliphatic rings. The third kappa shape index (κ3) is 2.44. The van der Waals surface area contributed by atoms with Crippen molar-refractivity contribution in [2.75, 3.05) is 25.4 Å². The van der Waals surface area contributed by atoms with Crippen molar-refractivity contribution in [3.8, 4) is 0 Å². The molecule has 3 heterocycles. The summed E-state index contributed by atoms with van der Waals surface area (Å²) in [5.41, 5.74) is 6.01. The van der Waals surface area contributed by atoms with Gasteiger partial charge in [0.1, 0.15) is 23.7 Å². The van der Waals surface area contributed by atoms with Crippen LogP contribution in [0.25, 0.3) is 0 Å². The summed E-state index contributed by atoms with van der Waals surface area (Å²) in [7, 11) is 0. The fourth-order valence-corrected chi connectivity index (χ4v) is 4.11. The molecule has 0 aromatic rings. The molecule has 0 radical (unpaired) electrons. The number of hydrogen-bond donors (Lipinski definition) is 2. The maximum Gasteiger partial charge on any atom is 0.410 e. The van der Waals surface area contributed by atoms with Crippen LogP contribution >= 0.6 is 11.8 Å². The molecule has 2 fully saturated rings. The second-order valence-electron chi connectivity index (χ2n) is 5.44. The highest BCUT2D eigenvalue weighted by atomic mass is 32.2. The van der Waals surface area contributed by atoms with Gasteiger partial charge in [-0.15, -0.1) is 11.8 Å². The highest BCUT2D eigenvalue weighted by Gasteiger charge is 2.51. The zero-order chi connectivity index (χ0) is 15.9. The number of rotatable bonds is 3. The van der Waals surface area contributed by atoms with Crippen molar-refractivity contribution in [1.29, 1.82) is 0 Å². The maximum absolute atomic E-state index is 11.9. The molecule has 120 valence electrons. The van der Waals surface area contributed by atoms with Crippen molar-refractivity contribution >= 4 is 29.7 Å². The summed E-state index contributed by atoms with van der Waals surface area (Å²) in [6.07, 6.45) is 1.47. The topological polar surface area (TPSA) is 113 Å². The van der Waals surface area contributed by atoms with Crippen LogP contribution in [0, 0.1) is 0 Å². The minimum Gasteiger partial charge on any atom is -0.477 e. The number of nitrogens with two attached hydrogens (primary N) is 1. The summed E-state index contributed by atoms with van der Waals surface area (Å²) in [5, 5.41) is 9.02. The van der Waals surface area contributed by atoms with Crippen LogP contribution < -0.4 is 5.73 Å². The number of carbonyl (C=O) groups is 3. The second kappa shape index (κ2) is 5.81. The Hall–Kier alpha value is -1.74. The molecule has 2 atom stereocenters. The molecule has 22 heavy (non-hydrogen) atoms. The van der Waals surface area contributed by atoms with Crippen molar-refractivity contribution in [3.63, 3.8) is 0 Å². The van der Waals surface area contributed by atoms with Gasteiger partial charge in [0.2, 0.25) is 5.91 Å². The number of hydrogen-bond acceptors (Lipinski definition) is 6. The van der Waals surface area contributed by atoms with Gasteiger partial charge in [-0.2, -0.15) is 0 Å². The number of fused-ring (bicyclic) bond motifs is 1. The summed E-state index contributed by atoms with van der Waals surface area (Å²) in [6, 6.07) is -0.659. The highest BCUT2D eigenvalue weighted by Crippen LogP contribution is 2.39. The number of nitrogens with zero attached hydrogens (tertiary/aromatic N) is 2. The van der Waals surface area contributed by atoms with Crippen molar-refractivity contribution in [2.45, 2.75) is 24.3 Å². The molecule has 3 aliphatic heterocycles. The number of ether oxygens (including phenoxy) is 1. The number of carbonyl (C=O) groups excluding carboxylic acids is 2. The van der Waals surface area contributed by atoms with Gasteiger partial charge in [-0.05, 0) is 12.8 Å². The van der Waals surface area contributed by atoms with Gasteiger partial charge < -0.3 is 20.5 Å². The summed E-state index contributed by atoms with van der Waals surface area (Å²) in [5.74, 6) is -1.22. The molecular formula is C13H17N3O5S. The lowest BCUT2D eigenvalue weighted by molar-refractivity contribution is -0.148. The Morgan fingerprint density at radius 1 is 1.36 bits per heavy atom. The lowest BCUT2D eigenvalue weighted by atomic mass is 10.0. The van der Waals surface area contributed by atoms with Crippen LogP contribution in [0.3, 0.4) is 0 Å². The second-order valence-corrected chi connectivity index (χ2v) is 6.55. The van der Waals surface area contributed by atoms with E-state index in [1.807, 2.05) is 0 Å². The minimum absolute atomic E-state index is 0.0929. The molecule has 2 amide bonds. The van der Waals surface area contributed by atoms with E-state index in [0.29, 0.717) is 24.4 Å². The van der Waals surface area contributed by atoms with Crippen molar-refractivity contribution in [1.82, 2.24) is 9.80 Å². The third-order valence-corrected chi connectivity index (χ3v) is 5.39. The van der Waals surface area contributed by atoms with Gasteiger partial charge in [-0.1, -0.05) is 0 Å². The Balaban J connectivity index is 1.71. The predicted octanol–water partition coefficient (Wildman–Crippen LogP) is -0.200. The van der Waals surface area contributed by atoms with Crippen LogP contribution in [-0.2, 0) is 14.3 Å². The molecule has 0 bridgehead atoms. The highest BCUT2D eigenvalue weighted by molar-refractivity contribution is 8.00. The minimum atomic E-state index is -1.20. The molecule has 0 aromatic carbocycles. The van der Waals surface area contributed by atoms with Crippen LogP contribution in [0.4, 0.5) is 4.79 Å². The number of thioether (sulfide) groups is 1. The first-order valence-electron chi connectivity index (χ1n) is 7.08. The first-order chi connectivity index (χ1) is 10.5. The molecule has 0 aromatic heterocycles. The molecule has 3 rings (SSSR count). The molecule has 2 saturated heterocycles. The van der Waals surface area contributed by atoms with E-state index in [4.69, 9.17) is 10.5 Å². The number of likely N-dealkylation sites (tertiary alicyclic amines) is 1. The molecule has 1 unspecified atom stereocenters. The number of carboxylic acids is 1. The molecule has 0 aliphatic carbocycles. The van der Waals surface area contributed by atoms with E-state index in [1.165, 1.54) is 16.7 Å². The summed E-state index contributed by atoms with van der Waals surface area (Å²) in [4.78, 5) is 37.9. The number of aliphatic carboxylic acids is 1. The summed E-state index contributed by atoms with van der Waals surface area (Å²) in [6.45, 7) is 1.22. The van der Waals surface area contributed by atoms with E-state index >= 15 is 0 Å². The van der Waals surface area contributed by atoms with E-state index in [1.54, 1.807) is 4.90 Å².